The van der Waals surface area contributed by atoms with Crippen molar-refractivity contribution in [2.45, 2.75) is 0 Å². The van der Waals surface area contributed by atoms with Crippen LogP contribution in [-0.2, 0) is 0 Å². The minimum Gasteiger partial charge on any atom is -0.478 e. The van der Waals surface area contributed by atoms with E-state index in [2.05, 4.69) is 15.0 Å². The van der Waals surface area contributed by atoms with E-state index in [-0.39, 0.29) is 5.56 Å². The maximum atomic E-state index is 11.1. The van der Waals surface area contributed by atoms with Crippen LogP contribution in [0.15, 0.2) is 59.3 Å². The molecule has 6 heteroatoms. The largest absolute Gasteiger partial charge is 0.478 e. The van der Waals surface area contributed by atoms with E-state index >= 15 is 0 Å². The number of hydrogen-bond acceptors (Lipinski definition) is 4. The topological polar surface area (TPSA) is 92.0 Å². The Morgan fingerprint density at radius 2 is 2.04 bits per heavy atom. The van der Waals surface area contributed by atoms with Crippen molar-refractivity contribution in [1.82, 2.24) is 15.0 Å². The predicted molar refractivity (Wildman–Crippen MR) is 84.0 cm³/mol. The van der Waals surface area contributed by atoms with E-state index in [1.165, 1.54) is 6.07 Å². The monoisotopic (exact) mass is 305 g/mol. The second-order valence-electron chi connectivity index (χ2n) is 5.03. The predicted octanol–water partition coefficient (Wildman–Crippen LogP) is 3.58. The maximum absolute atomic E-state index is 11.1. The van der Waals surface area contributed by atoms with Gasteiger partial charge in [-0.1, -0.05) is 6.07 Å². The molecule has 0 aliphatic heterocycles. The van der Waals surface area contributed by atoms with E-state index in [0.717, 1.165) is 11.4 Å². The summed E-state index contributed by atoms with van der Waals surface area (Å²) in [4.78, 5) is 22.7. The lowest BCUT2D eigenvalue weighted by Crippen LogP contribution is -1.95. The molecule has 0 aliphatic carbocycles. The van der Waals surface area contributed by atoms with Gasteiger partial charge in [-0.15, -0.1) is 0 Å². The highest BCUT2D eigenvalue weighted by molar-refractivity contribution is 5.89. The molecule has 2 aromatic carbocycles. The Bertz CT molecular complexity index is 1000. The van der Waals surface area contributed by atoms with Gasteiger partial charge in [-0.3, -0.25) is 0 Å². The normalized spacial score (nSPS) is 11.0. The van der Waals surface area contributed by atoms with Gasteiger partial charge in [0.1, 0.15) is 11.3 Å². The summed E-state index contributed by atoms with van der Waals surface area (Å²) in [5.41, 5.74) is 3.04. The summed E-state index contributed by atoms with van der Waals surface area (Å²) in [6.07, 6.45) is 3.44. The maximum Gasteiger partial charge on any atom is 0.335 e. The van der Waals surface area contributed by atoms with Crippen LogP contribution >= 0.6 is 0 Å². The molecular weight excluding hydrogens is 294 g/mol. The minimum atomic E-state index is -0.983. The molecule has 0 atom stereocenters. The smallest absolute Gasteiger partial charge is 0.335 e. The lowest BCUT2D eigenvalue weighted by atomic mass is 10.1. The summed E-state index contributed by atoms with van der Waals surface area (Å²) in [7, 11) is 0. The van der Waals surface area contributed by atoms with Gasteiger partial charge in [0.15, 0.2) is 5.58 Å². The van der Waals surface area contributed by atoms with Crippen LogP contribution in [0.3, 0.4) is 0 Å². The van der Waals surface area contributed by atoms with Crippen LogP contribution in [0.25, 0.3) is 33.9 Å². The van der Waals surface area contributed by atoms with Gasteiger partial charge in [0.25, 0.3) is 0 Å². The van der Waals surface area contributed by atoms with E-state index in [9.17, 15) is 4.79 Å². The van der Waals surface area contributed by atoms with Crippen molar-refractivity contribution in [1.29, 1.82) is 0 Å². The Balaban J connectivity index is 1.80. The molecule has 23 heavy (non-hydrogen) atoms. The fourth-order valence-corrected chi connectivity index (χ4v) is 2.40. The van der Waals surface area contributed by atoms with Crippen molar-refractivity contribution in [3.63, 3.8) is 0 Å². The number of nitrogens with one attached hydrogen (secondary N) is 1. The summed E-state index contributed by atoms with van der Waals surface area (Å²) in [6, 6.07) is 12.1. The van der Waals surface area contributed by atoms with Crippen LogP contribution in [0.2, 0.25) is 0 Å². The third-order valence-corrected chi connectivity index (χ3v) is 3.52. The third-order valence-electron chi connectivity index (χ3n) is 3.52. The number of carboxylic acid groups (broad SMARTS) is 1. The van der Waals surface area contributed by atoms with Gasteiger partial charge in [-0.05, 0) is 36.4 Å². The zero-order valence-electron chi connectivity index (χ0n) is 11.9. The molecule has 6 nitrogen and oxygen atoms in total. The molecule has 112 valence electrons. The van der Waals surface area contributed by atoms with Crippen molar-refractivity contribution < 1.29 is 14.3 Å². The number of aromatic carboxylic acids is 1. The van der Waals surface area contributed by atoms with Crippen molar-refractivity contribution >= 4 is 17.1 Å². The number of H-pyrrole nitrogens is 1. The molecule has 2 aromatic heterocycles. The number of rotatable bonds is 3. The van der Waals surface area contributed by atoms with Crippen molar-refractivity contribution in [2.24, 2.45) is 0 Å². The number of imidazole rings is 1. The van der Waals surface area contributed by atoms with E-state index in [0.29, 0.717) is 22.6 Å². The van der Waals surface area contributed by atoms with Crippen molar-refractivity contribution in [3.05, 3.63) is 60.4 Å². The van der Waals surface area contributed by atoms with Gasteiger partial charge in [0, 0.05) is 23.5 Å². The standard InChI is InChI=1S/C17H11N3O3/c21-17(22)12-3-1-2-11(8-12)16-20-13-5-4-10(9-14(13)23-16)15-18-6-7-19-15/h1-9H,(H,18,19)(H,21,22). The minimum absolute atomic E-state index is 0.195. The zero-order chi connectivity index (χ0) is 15.8. The number of aromatic amines is 1. The van der Waals surface area contributed by atoms with Crippen LogP contribution < -0.4 is 0 Å². The lowest BCUT2D eigenvalue weighted by Gasteiger charge is -1.97. The van der Waals surface area contributed by atoms with Gasteiger partial charge >= 0.3 is 5.97 Å². The average Bonchev–Trinajstić information content (AvgIpc) is 3.23. The van der Waals surface area contributed by atoms with Crippen molar-refractivity contribution in [3.8, 4) is 22.8 Å². The van der Waals surface area contributed by atoms with Crippen LogP contribution in [-0.4, -0.2) is 26.0 Å². The van der Waals surface area contributed by atoms with Crippen LogP contribution in [0.1, 0.15) is 10.4 Å². The molecule has 0 amide bonds. The van der Waals surface area contributed by atoms with E-state index in [1.807, 2.05) is 18.2 Å². The molecular formula is C17H11N3O3. The number of benzene rings is 2. The van der Waals surface area contributed by atoms with E-state index in [1.54, 1.807) is 30.6 Å². The molecule has 4 rings (SSSR count). The third kappa shape index (κ3) is 2.36. The fraction of sp³-hybridized carbons (Fsp3) is 0. The van der Waals surface area contributed by atoms with Gasteiger partial charge < -0.3 is 14.5 Å². The fourth-order valence-electron chi connectivity index (χ4n) is 2.40. The molecule has 0 saturated heterocycles. The molecule has 0 saturated carbocycles. The second kappa shape index (κ2) is 5.10. The Morgan fingerprint density at radius 3 is 2.83 bits per heavy atom. The first-order valence-corrected chi connectivity index (χ1v) is 6.95. The van der Waals surface area contributed by atoms with Crippen LogP contribution in [0, 0.1) is 0 Å². The van der Waals surface area contributed by atoms with Gasteiger partial charge in [-0.2, -0.15) is 0 Å². The second-order valence-corrected chi connectivity index (χ2v) is 5.03. The molecule has 2 N–H and O–H groups in total. The average molecular weight is 305 g/mol. The number of oxazole rings is 1. The van der Waals surface area contributed by atoms with Crippen molar-refractivity contribution in [2.75, 3.05) is 0 Å². The first-order chi connectivity index (χ1) is 11.2. The number of hydrogen-bond donors (Lipinski definition) is 2. The van der Waals surface area contributed by atoms with Crippen LogP contribution in [0.4, 0.5) is 0 Å². The molecule has 2 heterocycles. The van der Waals surface area contributed by atoms with Crippen LogP contribution in [0.5, 0.6) is 0 Å². The number of aromatic nitrogens is 3. The molecule has 0 unspecified atom stereocenters. The number of nitrogens with zero attached hydrogens (tertiary/aromatic N) is 2. The summed E-state index contributed by atoms with van der Waals surface area (Å²) in [5.74, 6) is 0.153. The first-order valence-electron chi connectivity index (χ1n) is 6.95. The number of carboxylic acids is 1. The Kier molecular flexibility index (Phi) is 2.94. The molecule has 4 aromatic rings. The zero-order valence-corrected chi connectivity index (χ0v) is 11.9. The Labute approximate surface area is 130 Å². The molecule has 0 fully saturated rings. The highest BCUT2D eigenvalue weighted by Crippen LogP contribution is 2.27. The van der Waals surface area contributed by atoms with Gasteiger partial charge in [0.05, 0.1) is 5.56 Å². The van der Waals surface area contributed by atoms with E-state index in [4.69, 9.17) is 9.52 Å². The first kappa shape index (κ1) is 13.3. The Hall–Kier alpha value is -3.41. The summed E-state index contributed by atoms with van der Waals surface area (Å²) < 4.78 is 5.78. The highest BCUT2D eigenvalue weighted by Gasteiger charge is 2.12. The molecule has 0 radical (unpaired) electrons. The summed E-state index contributed by atoms with van der Waals surface area (Å²) in [6.45, 7) is 0. The van der Waals surface area contributed by atoms with Gasteiger partial charge in [0.2, 0.25) is 5.89 Å². The molecule has 0 bridgehead atoms. The quantitative estimate of drug-likeness (QED) is 0.603. The van der Waals surface area contributed by atoms with E-state index < -0.39 is 5.97 Å². The number of carbonyl (C=O) groups is 1. The number of fused-ring (bicyclic) bond motifs is 1. The Morgan fingerprint density at radius 1 is 1.13 bits per heavy atom. The molecule has 0 aliphatic rings. The highest BCUT2D eigenvalue weighted by atomic mass is 16.4. The molecule has 0 spiro atoms. The SMILES string of the molecule is O=C(O)c1cccc(-c2nc3ccc(-c4ncc[nH]4)cc3o2)c1. The summed E-state index contributed by atoms with van der Waals surface area (Å²) in [5, 5.41) is 9.08. The lowest BCUT2D eigenvalue weighted by molar-refractivity contribution is 0.0697. The van der Waals surface area contributed by atoms with Gasteiger partial charge in [-0.25, -0.2) is 14.8 Å². The summed E-state index contributed by atoms with van der Waals surface area (Å²) >= 11 is 0.